The lowest BCUT2D eigenvalue weighted by Crippen LogP contribution is -2.17. The Morgan fingerprint density at radius 2 is 1.41 bits per heavy atom. The van der Waals surface area contributed by atoms with Crippen molar-refractivity contribution in [2.45, 2.75) is 25.8 Å². The van der Waals surface area contributed by atoms with Gasteiger partial charge in [-0.1, -0.05) is 18.2 Å². The molecule has 0 saturated heterocycles. The molecule has 0 fully saturated rings. The van der Waals surface area contributed by atoms with E-state index < -0.39 is 35.0 Å². The van der Waals surface area contributed by atoms with E-state index >= 15 is 0 Å². The number of hydrogen-bond acceptors (Lipinski definition) is 1. The first-order chi connectivity index (χ1) is 15.0. The molecule has 1 N–H and O–H groups in total. The smallest absolute Gasteiger partial charge is 0.341 e. The largest absolute Gasteiger partial charge is 0.416 e. The number of para-hydroxylation sites is 1. The molecule has 1 aromatic heterocycles. The number of alkyl halides is 6. The zero-order chi connectivity index (χ0) is 23.3. The van der Waals surface area contributed by atoms with Crippen LogP contribution in [0.1, 0.15) is 28.4 Å². The molecular formula is C23H16F6N2O. The van der Waals surface area contributed by atoms with Crippen molar-refractivity contribution in [1.29, 1.82) is 0 Å². The van der Waals surface area contributed by atoms with Gasteiger partial charge in [0.2, 0.25) is 0 Å². The van der Waals surface area contributed by atoms with Crippen LogP contribution in [0.2, 0.25) is 0 Å². The normalized spacial score (nSPS) is 12.5. The van der Waals surface area contributed by atoms with Crippen LogP contribution in [0.15, 0.2) is 60.7 Å². The van der Waals surface area contributed by atoms with Crippen molar-refractivity contribution in [3.8, 4) is 0 Å². The average molecular weight is 450 g/mol. The quantitative estimate of drug-likeness (QED) is 0.332. The predicted octanol–water partition coefficient (Wildman–Crippen LogP) is 7.10. The second-order valence-electron chi connectivity index (χ2n) is 7.24. The van der Waals surface area contributed by atoms with E-state index in [-0.39, 0.29) is 11.8 Å². The summed E-state index contributed by atoms with van der Waals surface area (Å²) in [5.74, 6) is -1.07. The molecule has 9 heteroatoms. The Bertz CT molecular complexity index is 1300. The number of rotatable bonds is 3. The average Bonchev–Trinajstić information content (AvgIpc) is 3.05. The van der Waals surface area contributed by atoms with Crippen LogP contribution in [-0.2, 0) is 18.9 Å². The van der Waals surface area contributed by atoms with E-state index in [1.165, 1.54) is 0 Å². The monoisotopic (exact) mass is 450 g/mol. The zero-order valence-corrected chi connectivity index (χ0v) is 16.6. The molecule has 0 aliphatic carbocycles. The first-order valence-corrected chi connectivity index (χ1v) is 9.61. The van der Waals surface area contributed by atoms with E-state index in [9.17, 15) is 31.1 Å². The van der Waals surface area contributed by atoms with Gasteiger partial charge < -0.3 is 9.88 Å². The summed E-state index contributed by atoms with van der Waals surface area (Å²) in [5.41, 5.74) is -1.69. The van der Waals surface area contributed by atoms with Gasteiger partial charge in [0.15, 0.2) is 0 Å². The SMILES string of the molecule is CCn1c2ccccc2c2cc(NC(=O)c3cc(C(F)(F)F)cc(C(F)(F)F)c3)ccc21. The van der Waals surface area contributed by atoms with Crippen LogP contribution in [0.5, 0.6) is 0 Å². The van der Waals surface area contributed by atoms with E-state index in [4.69, 9.17) is 0 Å². The second kappa shape index (κ2) is 7.58. The number of fused-ring (bicyclic) bond motifs is 3. The first-order valence-electron chi connectivity index (χ1n) is 9.61. The topological polar surface area (TPSA) is 34.0 Å². The number of aromatic nitrogens is 1. The van der Waals surface area contributed by atoms with Gasteiger partial charge in [-0.25, -0.2) is 0 Å². The number of anilines is 1. The van der Waals surface area contributed by atoms with E-state index in [2.05, 4.69) is 9.88 Å². The summed E-state index contributed by atoms with van der Waals surface area (Å²) < 4.78 is 80.6. The lowest BCUT2D eigenvalue weighted by atomic mass is 10.0. The van der Waals surface area contributed by atoms with Crippen molar-refractivity contribution in [2.75, 3.05) is 5.32 Å². The molecular weight excluding hydrogens is 434 g/mol. The Morgan fingerprint density at radius 3 is 2.00 bits per heavy atom. The zero-order valence-electron chi connectivity index (χ0n) is 16.6. The summed E-state index contributed by atoms with van der Waals surface area (Å²) in [6, 6.07) is 13.4. The molecule has 0 unspecified atom stereocenters. The summed E-state index contributed by atoms with van der Waals surface area (Å²) in [6.07, 6.45) is -10.1. The molecule has 1 amide bonds. The van der Waals surface area contributed by atoms with Gasteiger partial charge in [-0.05, 0) is 49.4 Å². The number of halogens is 6. The Balaban J connectivity index is 1.75. The Kier molecular flexibility index (Phi) is 5.15. The fourth-order valence-corrected chi connectivity index (χ4v) is 3.76. The minimum atomic E-state index is -5.03. The molecule has 0 aliphatic heterocycles. The van der Waals surface area contributed by atoms with Crippen LogP contribution >= 0.6 is 0 Å². The summed E-state index contributed by atoms with van der Waals surface area (Å²) in [6.45, 7) is 2.67. The molecule has 4 aromatic rings. The van der Waals surface area contributed by atoms with Crippen LogP contribution in [0.3, 0.4) is 0 Å². The number of carbonyl (C=O) groups excluding carboxylic acids is 1. The molecule has 0 bridgehead atoms. The molecule has 0 spiro atoms. The van der Waals surface area contributed by atoms with E-state index in [0.29, 0.717) is 18.7 Å². The lowest BCUT2D eigenvalue weighted by Gasteiger charge is -2.14. The minimum absolute atomic E-state index is 0.0115. The maximum atomic E-state index is 13.1. The van der Waals surface area contributed by atoms with Crippen LogP contribution in [0.4, 0.5) is 32.0 Å². The summed E-state index contributed by atoms with van der Waals surface area (Å²) in [5, 5.41) is 4.14. The third kappa shape index (κ3) is 3.90. The van der Waals surface area contributed by atoms with Crippen molar-refractivity contribution in [3.05, 3.63) is 77.4 Å². The predicted molar refractivity (Wildman–Crippen MR) is 110 cm³/mol. The second-order valence-corrected chi connectivity index (χ2v) is 7.24. The molecule has 32 heavy (non-hydrogen) atoms. The Morgan fingerprint density at radius 1 is 0.812 bits per heavy atom. The van der Waals surface area contributed by atoms with Crippen LogP contribution in [0.25, 0.3) is 21.8 Å². The van der Waals surface area contributed by atoms with Gasteiger partial charge in [0.25, 0.3) is 5.91 Å². The summed E-state index contributed by atoms with van der Waals surface area (Å²) >= 11 is 0. The van der Waals surface area contributed by atoms with Crippen molar-refractivity contribution < 1.29 is 31.1 Å². The lowest BCUT2D eigenvalue weighted by molar-refractivity contribution is -0.143. The maximum Gasteiger partial charge on any atom is 0.416 e. The third-order valence-corrected chi connectivity index (χ3v) is 5.20. The van der Waals surface area contributed by atoms with Crippen molar-refractivity contribution in [1.82, 2.24) is 4.57 Å². The highest BCUT2D eigenvalue weighted by molar-refractivity contribution is 6.11. The molecule has 0 radical (unpaired) electrons. The van der Waals surface area contributed by atoms with Gasteiger partial charge in [-0.15, -0.1) is 0 Å². The van der Waals surface area contributed by atoms with Gasteiger partial charge in [0, 0.05) is 39.6 Å². The van der Waals surface area contributed by atoms with Gasteiger partial charge in [-0.2, -0.15) is 26.3 Å². The third-order valence-electron chi connectivity index (χ3n) is 5.20. The summed E-state index contributed by atoms with van der Waals surface area (Å²) in [4.78, 5) is 12.6. The molecule has 3 nitrogen and oxygen atoms in total. The van der Waals surface area contributed by atoms with Gasteiger partial charge in [0.05, 0.1) is 11.1 Å². The molecule has 1 heterocycles. The number of carbonyl (C=O) groups is 1. The van der Waals surface area contributed by atoms with Crippen molar-refractivity contribution >= 4 is 33.4 Å². The molecule has 4 rings (SSSR count). The van der Waals surface area contributed by atoms with E-state index in [1.54, 1.807) is 18.2 Å². The molecule has 0 aliphatic rings. The first kappa shape index (κ1) is 21.7. The van der Waals surface area contributed by atoms with Crippen LogP contribution in [0, 0.1) is 0 Å². The number of nitrogens with one attached hydrogen (secondary N) is 1. The van der Waals surface area contributed by atoms with E-state index in [1.807, 2.05) is 31.2 Å². The van der Waals surface area contributed by atoms with E-state index in [0.717, 1.165) is 21.8 Å². The fraction of sp³-hybridized carbons (Fsp3) is 0.174. The molecule has 0 atom stereocenters. The molecule has 166 valence electrons. The molecule has 3 aromatic carbocycles. The Hall–Kier alpha value is -3.49. The standard InChI is InChI=1S/C23H16F6N2O/c1-2-31-19-6-4-3-5-17(19)18-12-16(7-8-20(18)31)30-21(32)13-9-14(22(24,25)26)11-15(10-13)23(27,28)29/h3-12H,2H2,1H3,(H,30,32). The van der Waals surface area contributed by atoms with Gasteiger partial charge >= 0.3 is 12.4 Å². The van der Waals surface area contributed by atoms with Crippen LogP contribution in [-0.4, -0.2) is 10.5 Å². The van der Waals surface area contributed by atoms with Gasteiger partial charge in [-0.3, -0.25) is 4.79 Å². The number of benzene rings is 3. The van der Waals surface area contributed by atoms with Crippen LogP contribution < -0.4 is 5.32 Å². The highest BCUT2D eigenvalue weighted by atomic mass is 19.4. The highest BCUT2D eigenvalue weighted by Gasteiger charge is 2.37. The van der Waals surface area contributed by atoms with Crippen molar-refractivity contribution in [2.24, 2.45) is 0 Å². The number of hydrogen-bond donors (Lipinski definition) is 1. The van der Waals surface area contributed by atoms with Gasteiger partial charge in [0.1, 0.15) is 0 Å². The number of nitrogens with zero attached hydrogens (tertiary/aromatic N) is 1. The fourth-order valence-electron chi connectivity index (χ4n) is 3.76. The highest BCUT2D eigenvalue weighted by Crippen LogP contribution is 2.37. The Labute approximate surface area is 178 Å². The number of amides is 1. The number of aryl methyl sites for hydroxylation is 1. The van der Waals surface area contributed by atoms with Crippen molar-refractivity contribution in [3.63, 3.8) is 0 Å². The maximum absolute atomic E-state index is 13.1. The summed E-state index contributed by atoms with van der Waals surface area (Å²) in [7, 11) is 0. The molecule has 0 saturated carbocycles. The minimum Gasteiger partial charge on any atom is -0.341 e.